The molecule has 1 rings (SSSR count). The Morgan fingerprint density at radius 3 is 2.53 bits per heavy atom. The van der Waals surface area contributed by atoms with E-state index in [9.17, 15) is 0 Å². The molecule has 0 radical (unpaired) electrons. The smallest absolute Gasteiger partial charge is 0.427 e. The van der Waals surface area contributed by atoms with Crippen molar-refractivity contribution in [2.24, 2.45) is 5.73 Å². The number of nitrogens with two attached hydrogens (primary N) is 1. The molecular formula is C12H25BN2O4. The summed E-state index contributed by atoms with van der Waals surface area (Å²) >= 11 is 0. The highest BCUT2D eigenvalue weighted by molar-refractivity contribution is 6.40. The fraction of sp³-hybridized carbons (Fsp3) is 0.917. The van der Waals surface area contributed by atoms with Crippen LogP contribution in [0.1, 0.15) is 44.9 Å². The first-order chi connectivity index (χ1) is 9.10. The fourth-order valence-corrected chi connectivity index (χ4v) is 2.30. The lowest BCUT2D eigenvalue weighted by Gasteiger charge is -2.14. The van der Waals surface area contributed by atoms with Gasteiger partial charge in [-0.25, -0.2) is 0 Å². The van der Waals surface area contributed by atoms with Crippen LogP contribution in [-0.2, 0) is 9.59 Å². The molecule has 0 saturated carbocycles. The topological polar surface area (TPSA) is 113 Å². The summed E-state index contributed by atoms with van der Waals surface area (Å²) in [7, 11) is -1.15. The van der Waals surface area contributed by atoms with Crippen LogP contribution in [-0.4, -0.2) is 41.9 Å². The normalized spacial score (nSPS) is 19.2. The first-order valence-electron chi connectivity index (χ1n) is 6.94. The van der Waals surface area contributed by atoms with Crippen LogP contribution in [0.15, 0.2) is 0 Å². The molecule has 110 valence electrons. The van der Waals surface area contributed by atoms with Gasteiger partial charge in [0, 0.05) is 12.1 Å². The van der Waals surface area contributed by atoms with Crippen molar-refractivity contribution in [3.63, 3.8) is 0 Å². The minimum Gasteiger partial charge on any atom is -0.427 e. The van der Waals surface area contributed by atoms with Gasteiger partial charge in [-0.15, -0.1) is 0 Å². The van der Waals surface area contributed by atoms with Crippen molar-refractivity contribution in [2.75, 3.05) is 6.54 Å². The van der Waals surface area contributed by atoms with E-state index in [-0.39, 0.29) is 12.2 Å². The molecule has 1 aliphatic rings. The zero-order valence-electron chi connectivity index (χ0n) is 11.4. The Bertz CT molecular complexity index is 242. The molecule has 0 bridgehead atoms. The van der Waals surface area contributed by atoms with E-state index in [4.69, 9.17) is 25.4 Å². The predicted molar refractivity (Wildman–Crippen MR) is 72.1 cm³/mol. The molecule has 2 atom stereocenters. The Labute approximate surface area is 114 Å². The van der Waals surface area contributed by atoms with Crippen molar-refractivity contribution < 1.29 is 19.6 Å². The van der Waals surface area contributed by atoms with Gasteiger partial charge in [-0.3, -0.25) is 0 Å². The van der Waals surface area contributed by atoms with Gasteiger partial charge in [0.2, 0.25) is 0 Å². The maximum atomic E-state index is 8.68. The van der Waals surface area contributed by atoms with Crippen LogP contribution >= 0.6 is 0 Å². The van der Waals surface area contributed by atoms with Crippen molar-refractivity contribution >= 4 is 13.3 Å². The summed E-state index contributed by atoms with van der Waals surface area (Å²) in [5, 5.41) is 20.8. The standard InChI is InChI=1S/C11H25BN2O2.CO2/c13-10(4-1-2-8-12(15)16)6-7-11-5-3-9-14-11;2-1-3/h10-11,14-16H,1-9,13H2;. The number of nitrogens with one attached hydrogen (secondary N) is 1. The van der Waals surface area contributed by atoms with Gasteiger partial charge < -0.3 is 21.1 Å². The molecule has 1 saturated heterocycles. The number of rotatable bonds is 8. The van der Waals surface area contributed by atoms with E-state index < -0.39 is 7.12 Å². The Morgan fingerprint density at radius 2 is 2.00 bits per heavy atom. The van der Waals surface area contributed by atoms with E-state index in [1.165, 1.54) is 19.3 Å². The molecule has 0 aromatic rings. The van der Waals surface area contributed by atoms with Crippen molar-refractivity contribution in [3.8, 4) is 0 Å². The lowest BCUT2D eigenvalue weighted by Crippen LogP contribution is -2.26. The van der Waals surface area contributed by atoms with Gasteiger partial charge >= 0.3 is 13.3 Å². The van der Waals surface area contributed by atoms with E-state index in [0.29, 0.717) is 12.4 Å². The minimum absolute atomic E-state index is 0.250. The van der Waals surface area contributed by atoms with E-state index >= 15 is 0 Å². The summed E-state index contributed by atoms with van der Waals surface area (Å²) in [6.07, 6.45) is 8.43. The lowest BCUT2D eigenvalue weighted by atomic mass is 9.83. The molecule has 5 N–H and O–H groups in total. The Kier molecular flexibility index (Phi) is 11.9. The highest BCUT2D eigenvalue weighted by Gasteiger charge is 2.15. The summed E-state index contributed by atoms with van der Waals surface area (Å²) in [6.45, 7) is 1.16. The van der Waals surface area contributed by atoms with Gasteiger partial charge in [0.25, 0.3) is 0 Å². The van der Waals surface area contributed by atoms with Crippen molar-refractivity contribution in [1.82, 2.24) is 5.32 Å². The van der Waals surface area contributed by atoms with Crippen LogP contribution in [0, 0.1) is 0 Å². The maximum absolute atomic E-state index is 8.68. The van der Waals surface area contributed by atoms with Crippen LogP contribution in [0.3, 0.4) is 0 Å². The van der Waals surface area contributed by atoms with E-state index in [0.717, 1.165) is 32.2 Å². The van der Waals surface area contributed by atoms with Crippen molar-refractivity contribution in [3.05, 3.63) is 0 Å². The summed E-state index contributed by atoms with van der Waals surface area (Å²) in [5.41, 5.74) is 6.02. The SMILES string of the molecule is NC(CCCCB(O)O)CCC1CCCN1.O=C=O. The molecule has 0 aromatic carbocycles. The Hall–Kier alpha value is -0.715. The zero-order chi connectivity index (χ0) is 14.5. The zero-order valence-corrected chi connectivity index (χ0v) is 11.4. The molecule has 0 aliphatic carbocycles. The molecule has 1 heterocycles. The molecule has 1 fully saturated rings. The second kappa shape index (κ2) is 12.3. The molecule has 6 nitrogen and oxygen atoms in total. The molecule has 0 spiro atoms. The summed E-state index contributed by atoms with van der Waals surface area (Å²) in [5.74, 6) is 0. The largest absolute Gasteiger partial charge is 0.451 e. The highest BCUT2D eigenvalue weighted by Crippen LogP contribution is 2.14. The average Bonchev–Trinajstić information content (AvgIpc) is 2.86. The molecule has 1 aliphatic heterocycles. The van der Waals surface area contributed by atoms with E-state index in [2.05, 4.69) is 5.32 Å². The van der Waals surface area contributed by atoms with Gasteiger partial charge in [-0.2, -0.15) is 9.59 Å². The fourth-order valence-electron chi connectivity index (χ4n) is 2.30. The number of hydrogen-bond acceptors (Lipinski definition) is 6. The van der Waals surface area contributed by atoms with Crippen LogP contribution in [0.25, 0.3) is 0 Å². The monoisotopic (exact) mass is 272 g/mol. The number of carbonyl (C=O) groups excluding carboxylic acids is 2. The van der Waals surface area contributed by atoms with Crippen molar-refractivity contribution in [2.45, 2.75) is 63.3 Å². The highest BCUT2D eigenvalue weighted by atomic mass is 16.4. The second-order valence-corrected chi connectivity index (χ2v) is 4.98. The molecule has 0 amide bonds. The number of unbranched alkanes of at least 4 members (excludes halogenated alkanes) is 1. The first-order valence-corrected chi connectivity index (χ1v) is 6.94. The Balaban J connectivity index is 0.000000982. The van der Waals surface area contributed by atoms with E-state index in [1.807, 2.05) is 0 Å². The van der Waals surface area contributed by atoms with Gasteiger partial charge in [0.15, 0.2) is 0 Å². The lowest BCUT2D eigenvalue weighted by molar-refractivity contribution is -0.191. The summed E-state index contributed by atoms with van der Waals surface area (Å²) in [4.78, 5) is 16.2. The van der Waals surface area contributed by atoms with Crippen LogP contribution in [0.5, 0.6) is 0 Å². The van der Waals surface area contributed by atoms with Gasteiger partial charge in [-0.05, 0) is 45.0 Å². The number of hydrogen-bond donors (Lipinski definition) is 4. The molecule has 2 unspecified atom stereocenters. The third kappa shape index (κ3) is 12.1. The molecular weight excluding hydrogens is 247 g/mol. The van der Waals surface area contributed by atoms with Crippen LogP contribution < -0.4 is 11.1 Å². The predicted octanol–water partition coefficient (Wildman–Crippen LogP) is -0.0945. The quantitative estimate of drug-likeness (QED) is 0.363. The second-order valence-electron chi connectivity index (χ2n) is 4.98. The third-order valence-corrected chi connectivity index (χ3v) is 3.34. The van der Waals surface area contributed by atoms with Crippen LogP contribution in [0.4, 0.5) is 0 Å². The molecule has 7 heteroatoms. The average molecular weight is 272 g/mol. The summed E-state index contributed by atoms with van der Waals surface area (Å²) < 4.78 is 0. The van der Waals surface area contributed by atoms with Crippen LogP contribution in [0.2, 0.25) is 6.32 Å². The van der Waals surface area contributed by atoms with E-state index in [1.54, 1.807) is 0 Å². The van der Waals surface area contributed by atoms with Gasteiger partial charge in [0.05, 0.1) is 0 Å². The molecule has 19 heavy (non-hydrogen) atoms. The van der Waals surface area contributed by atoms with Crippen molar-refractivity contribution in [1.29, 1.82) is 0 Å². The first kappa shape index (κ1) is 18.3. The Morgan fingerprint density at radius 1 is 1.32 bits per heavy atom. The molecule has 0 aromatic heterocycles. The third-order valence-electron chi connectivity index (χ3n) is 3.34. The maximum Gasteiger partial charge on any atom is 0.451 e. The van der Waals surface area contributed by atoms with Gasteiger partial charge in [0.1, 0.15) is 0 Å². The summed E-state index contributed by atoms with van der Waals surface area (Å²) in [6, 6.07) is 0.962. The minimum atomic E-state index is -1.15. The van der Waals surface area contributed by atoms with Gasteiger partial charge in [-0.1, -0.05) is 12.8 Å².